The Morgan fingerprint density at radius 3 is 2.90 bits per heavy atom. The topological polar surface area (TPSA) is 62.0 Å². The zero-order chi connectivity index (χ0) is 7.61. The van der Waals surface area contributed by atoms with Crippen LogP contribution in [0.1, 0.15) is 12.5 Å². The second kappa shape index (κ2) is 2.44. The number of aliphatic hydroxyl groups is 1. The van der Waals surface area contributed by atoms with Crippen molar-refractivity contribution in [1.82, 2.24) is 4.98 Å². The molecule has 0 aliphatic rings. The van der Waals surface area contributed by atoms with E-state index in [1.165, 1.54) is 0 Å². The van der Waals surface area contributed by atoms with Crippen LogP contribution in [0.2, 0.25) is 0 Å². The van der Waals surface area contributed by atoms with Crippen LogP contribution in [0, 0.1) is 0 Å². The van der Waals surface area contributed by atoms with Gasteiger partial charge in [0.25, 0.3) is 0 Å². The Hall–Kier alpha value is -0.800. The van der Waals surface area contributed by atoms with E-state index < -0.39 is 5.60 Å². The first kappa shape index (κ1) is 7.31. The molecule has 1 aromatic rings. The molecule has 1 aromatic heterocycles. The third-order valence-electron chi connectivity index (χ3n) is 1.62. The second-order valence-corrected chi connectivity index (χ2v) is 2.58. The van der Waals surface area contributed by atoms with Crippen LogP contribution in [0.5, 0.6) is 0 Å². The Kier molecular flexibility index (Phi) is 1.78. The SMILES string of the molecule is CC(O)(CN)c1cc[nH]c1. The maximum Gasteiger partial charge on any atom is 0.100 e. The fraction of sp³-hybridized carbons (Fsp3) is 0.429. The average Bonchev–Trinajstić information content (AvgIpc) is 2.38. The quantitative estimate of drug-likeness (QED) is 0.548. The van der Waals surface area contributed by atoms with E-state index in [2.05, 4.69) is 4.98 Å². The summed E-state index contributed by atoms with van der Waals surface area (Å²) >= 11 is 0. The smallest absolute Gasteiger partial charge is 0.100 e. The van der Waals surface area contributed by atoms with Gasteiger partial charge in [-0.15, -0.1) is 0 Å². The first-order chi connectivity index (χ1) is 4.67. The van der Waals surface area contributed by atoms with Gasteiger partial charge in [-0.05, 0) is 13.0 Å². The number of hydrogen-bond acceptors (Lipinski definition) is 2. The van der Waals surface area contributed by atoms with Gasteiger partial charge in [-0.3, -0.25) is 0 Å². The molecule has 0 amide bonds. The van der Waals surface area contributed by atoms with Crippen molar-refractivity contribution in [3.8, 4) is 0 Å². The van der Waals surface area contributed by atoms with Crippen molar-refractivity contribution < 1.29 is 5.11 Å². The largest absolute Gasteiger partial charge is 0.384 e. The van der Waals surface area contributed by atoms with Crippen molar-refractivity contribution in [1.29, 1.82) is 0 Å². The van der Waals surface area contributed by atoms with E-state index in [0.29, 0.717) is 0 Å². The van der Waals surface area contributed by atoms with Gasteiger partial charge in [-0.2, -0.15) is 0 Å². The Morgan fingerprint density at radius 2 is 2.50 bits per heavy atom. The van der Waals surface area contributed by atoms with Gasteiger partial charge in [0.1, 0.15) is 5.60 Å². The maximum atomic E-state index is 9.54. The van der Waals surface area contributed by atoms with Crippen molar-refractivity contribution in [3.63, 3.8) is 0 Å². The monoisotopic (exact) mass is 140 g/mol. The number of nitrogens with one attached hydrogen (secondary N) is 1. The molecule has 0 fully saturated rings. The van der Waals surface area contributed by atoms with Crippen molar-refractivity contribution in [2.45, 2.75) is 12.5 Å². The predicted octanol–water partition coefficient (Wildman–Crippen LogP) is 0.181. The maximum absolute atomic E-state index is 9.54. The van der Waals surface area contributed by atoms with Gasteiger partial charge in [0.15, 0.2) is 0 Å². The summed E-state index contributed by atoms with van der Waals surface area (Å²) < 4.78 is 0. The molecule has 0 aliphatic heterocycles. The number of hydrogen-bond donors (Lipinski definition) is 3. The Balaban J connectivity index is 2.85. The molecular formula is C7H12N2O. The van der Waals surface area contributed by atoms with Crippen LogP contribution in [-0.2, 0) is 5.60 Å². The first-order valence-corrected chi connectivity index (χ1v) is 3.22. The minimum Gasteiger partial charge on any atom is -0.384 e. The van der Waals surface area contributed by atoms with Crippen LogP contribution in [-0.4, -0.2) is 16.6 Å². The summed E-state index contributed by atoms with van der Waals surface area (Å²) in [5, 5.41) is 9.54. The van der Waals surface area contributed by atoms with Crippen LogP contribution in [0.25, 0.3) is 0 Å². The predicted molar refractivity (Wildman–Crippen MR) is 39.4 cm³/mol. The van der Waals surface area contributed by atoms with Crippen molar-refractivity contribution >= 4 is 0 Å². The summed E-state index contributed by atoms with van der Waals surface area (Å²) in [6.45, 7) is 1.93. The molecule has 0 spiro atoms. The normalized spacial score (nSPS) is 16.7. The molecule has 0 saturated carbocycles. The molecule has 1 unspecified atom stereocenters. The molecule has 3 heteroatoms. The Bertz CT molecular complexity index is 191. The molecule has 1 heterocycles. The molecule has 0 radical (unpaired) electrons. The van der Waals surface area contributed by atoms with E-state index in [4.69, 9.17) is 5.73 Å². The lowest BCUT2D eigenvalue weighted by Gasteiger charge is -2.18. The fourth-order valence-corrected chi connectivity index (χ4v) is 0.777. The summed E-state index contributed by atoms with van der Waals surface area (Å²) in [5.41, 5.74) is 5.27. The number of aromatic amines is 1. The molecule has 10 heavy (non-hydrogen) atoms. The minimum atomic E-state index is -0.889. The lowest BCUT2D eigenvalue weighted by atomic mass is 10.00. The van der Waals surface area contributed by atoms with Gasteiger partial charge in [0.05, 0.1) is 0 Å². The third-order valence-corrected chi connectivity index (χ3v) is 1.62. The molecule has 1 atom stereocenters. The van der Waals surface area contributed by atoms with Gasteiger partial charge in [-0.1, -0.05) is 0 Å². The summed E-state index contributed by atoms with van der Waals surface area (Å²) in [6.07, 6.45) is 3.51. The van der Waals surface area contributed by atoms with Gasteiger partial charge in [0, 0.05) is 24.5 Å². The zero-order valence-corrected chi connectivity index (χ0v) is 5.96. The van der Waals surface area contributed by atoms with Crippen molar-refractivity contribution in [2.24, 2.45) is 5.73 Å². The molecule has 0 aliphatic carbocycles. The zero-order valence-electron chi connectivity index (χ0n) is 5.96. The standard InChI is InChI=1S/C7H12N2O/c1-7(10,5-8)6-2-3-9-4-6/h2-4,9-10H,5,8H2,1H3. The molecule has 56 valence electrons. The lowest BCUT2D eigenvalue weighted by Crippen LogP contribution is -2.30. The van der Waals surface area contributed by atoms with Crippen LogP contribution >= 0.6 is 0 Å². The number of H-pyrrole nitrogens is 1. The molecule has 0 bridgehead atoms. The fourth-order valence-electron chi connectivity index (χ4n) is 0.777. The van der Waals surface area contributed by atoms with Crippen LogP contribution in [0.4, 0.5) is 0 Å². The average molecular weight is 140 g/mol. The van der Waals surface area contributed by atoms with Crippen molar-refractivity contribution in [2.75, 3.05) is 6.54 Å². The molecule has 1 rings (SSSR count). The van der Waals surface area contributed by atoms with Gasteiger partial charge in [-0.25, -0.2) is 0 Å². The number of rotatable bonds is 2. The number of nitrogens with two attached hydrogens (primary N) is 1. The highest BCUT2D eigenvalue weighted by molar-refractivity contribution is 5.17. The molecule has 3 nitrogen and oxygen atoms in total. The van der Waals surface area contributed by atoms with Crippen LogP contribution < -0.4 is 5.73 Å². The van der Waals surface area contributed by atoms with Gasteiger partial charge >= 0.3 is 0 Å². The van der Waals surface area contributed by atoms with E-state index in [9.17, 15) is 5.11 Å². The van der Waals surface area contributed by atoms with Crippen LogP contribution in [0.3, 0.4) is 0 Å². The third kappa shape index (κ3) is 1.20. The minimum absolute atomic E-state index is 0.241. The molecular weight excluding hydrogens is 128 g/mol. The van der Waals surface area contributed by atoms with Gasteiger partial charge in [0.2, 0.25) is 0 Å². The van der Waals surface area contributed by atoms with E-state index in [1.54, 1.807) is 19.3 Å². The summed E-state index contributed by atoms with van der Waals surface area (Å²) in [4.78, 5) is 2.85. The Labute approximate surface area is 59.9 Å². The van der Waals surface area contributed by atoms with Crippen LogP contribution in [0.15, 0.2) is 18.5 Å². The molecule has 0 aromatic carbocycles. The highest BCUT2D eigenvalue weighted by Crippen LogP contribution is 2.17. The van der Waals surface area contributed by atoms with E-state index in [0.717, 1.165) is 5.56 Å². The molecule has 0 saturated heterocycles. The highest BCUT2D eigenvalue weighted by Gasteiger charge is 2.20. The van der Waals surface area contributed by atoms with Gasteiger partial charge < -0.3 is 15.8 Å². The Morgan fingerprint density at radius 1 is 1.80 bits per heavy atom. The van der Waals surface area contributed by atoms with E-state index in [1.807, 2.05) is 6.07 Å². The summed E-state index contributed by atoms with van der Waals surface area (Å²) in [7, 11) is 0. The second-order valence-electron chi connectivity index (χ2n) is 2.58. The van der Waals surface area contributed by atoms with Crippen molar-refractivity contribution in [3.05, 3.63) is 24.0 Å². The van der Waals surface area contributed by atoms with E-state index in [-0.39, 0.29) is 6.54 Å². The number of aromatic nitrogens is 1. The summed E-state index contributed by atoms with van der Waals surface area (Å²) in [6, 6.07) is 1.81. The molecule has 4 N–H and O–H groups in total. The summed E-state index contributed by atoms with van der Waals surface area (Å²) in [5.74, 6) is 0. The van der Waals surface area contributed by atoms with E-state index >= 15 is 0 Å². The lowest BCUT2D eigenvalue weighted by molar-refractivity contribution is 0.0670. The first-order valence-electron chi connectivity index (χ1n) is 3.22. The highest BCUT2D eigenvalue weighted by atomic mass is 16.3.